The molecule has 1 aromatic carbocycles. The molecule has 1 amide bonds. The van der Waals surface area contributed by atoms with Gasteiger partial charge in [0.2, 0.25) is 5.95 Å². The van der Waals surface area contributed by atoms with Crippen LogP contribution in [0.1, 0.15) is 0 Å². The Hall–Kier alpha value is -2.69. The lowest BCUT2D eigenvalue weighted by Gasteiger charge is -2.18. The van der Waals surface area contributed by atoms with Gasteiger partial charge in [-0.05, 0) is 12.1 Å². The smallest absolute Gasteiger partial charge is 0.326 e. The highest BCUT2D eigenvalue weighted by molar-refractivity contribution is 7.92. The molecule has 1 aliphatic rings. The number of hydrogen-bond donors (Lipinski definition) is 3. The standard InChI is InChI=1S/C11H8F2N4O4S/c12-9-5(6-3-14-15-11(6)13)1-2-7(18)10(9)17-4-8(19)16-22(17,20)21/h1-3,18H,4H2,(H,14,15)(H,16,19). The van der Waals surface area contributed by atoms with Crippen LogP contribution in [-0.4, -0.2) is 36.2 Å². The van der Waals surface area contributed by atoms with Crippen LogP contribution < -0.4 is 9.03 Å². The number of carbonyl (C=O) groups excluding carboxylic acids is 1. The van der Waals surface area contributed by atoms with E-state index in [-0.39, 0.29) is 11.1 Å². The molecule has 2 aromatic rings. The van der Waals surface area contributed by atoms with Crippen molar-refractivity contribution in [3.63, 3.8) is 0 Å². The van der Waals surface area contributed by atoms with Gasteiger partial charge >= 0.3 is 10.2 Å². The normalized spacial score (nSPS) is 16.8. The number of amides is 1. The molecule has 0 spiro atoms. The molecule has 0 saturated carbocycles. The quantitative estimate of drug-likeness (QED) is 0.730. The Morgan fingerprint density at radius 3 is 2.55 bits per heavy atom. The highest BCUT2D eigenvalue weighted by Gasteiger charge is 2.38. The largest absolute Gasteiger partial charge is 0.506 e. The molecule has 22 heavy (non-hydrogen) atoms. The number of aromatic hydroxyl groups is 1. The van der Waals surface area contributed by atoms with Gasteiger partial charge in [-0.2, -0.15) is 17.9 Å². The lowest BCUT2D eigenvalue weighted by molar-refractivity contribution is -0.117. The van der Waals surface area contributed by atoms with Gasteiger partial charge in [-0.25, -0.2) is 13.4 Å². The van der Waals surface area contributed by atoms with Crippen LogP contribution in [0.3, 0.4) is 0 Å². The monoisotopic (exact) mass is 330 g/mol. The van der Waals surface area contributed by atoms with Gasteiger partial charge < -0.3 is 5.11 Å². The fourth-order valence-corrected chi connectivity index (χ4v) is 3.27. The van der Waals surface area contributed by atoms with Crippen molar-refractivity contribution in [2.75, 3.05) is 10.8 Å². The van der Waals surface area contributed by atoms with E-state index >= 15 is 0 Å². The number of aromatic nitrogens is 2. The fraction of sp³-hybridized carbons (Fsp3) is 0.0909. The van der Waals surface area contributed by atoms with E-state index in [2.05, 4.69) is 5.10 Å². The van der Waals surface area contributed by atoms with Gasteiger partial charge in [0.1, 0.15) is 18.0 Å². The Bertz CT molecular complexity index is 880. The third-order valence-corrected chi connectivity index (χ3v) is 4.43. The summed E-state index contributed by atoms with van der Waals surface area (Å²) in [4.78, 5) is 11.2. The summed E-state index contributed by atoms with van der Waals surface area (Å²) in [5, 5.41) is 15.1. The van der Waals surface area contributed by atoms with Crippen molar-refractivity contribution >= 4 is 21.8 Å². The second kappa shape index (κ2) is 4.66. The number of rotatable bonds is 2. The first-order valence-electron chi connectivity index (χ1n) is 5.85. The molecule has 1 aliphatic heterocycles. The molecule has 8 nitrogen and oxygen atoms in total. The minimum atomic E-state index is -4.31. The molecule has 1 saturated heterocycles. The predicted octanol–water partition coefficient (Wildman–Crippen LogP) is 0.241. The minimum absolute atomic E-state index is 0.241. The summed E-state index contributed by atoms with van der Waals surface area (Å²) in [5.74, 6) is -3.70. The Morgan fingerprint density at radius 2 is 2.00 bits per heavy atom. The summed E-state index contributed by atoms with van der Waals surface area (Å²) in [5.41, 5.74) is -1.29. The summed E-state index contributed by atoms with van der Waals surface area (Å²) in [6.07, 6.45) is 1.01. The molecule has 1 fully saturated rings. The second-order valence-corrected chi connectivity index (χ2v) is 6.02. The SMILES string of the molecule is O=C1CN(c2c(O)ccc(-c3cn[nH]c3F)c2F)S(=O)(=O)N1. The molecule has 0 unspecified atom stereocenters. The predicted molar refractivity (Wildman–Crippen MR) is 70.0 cm³/mol. The second-order valence-electron chi connectivity index (χ2n) is 4.43. The van der Waals surface area contributed by atoms with E-state index in [4.69, 9.17) is 0 Å². The van der Waals surface area contributed by atoms with Crippen LogP contribution >= 0.6 is 0 Å². The number of halogens is 2. The third-order valence-electron chi connectivity index (χ3n) is 3.05. The molecule has 11 heteroatoms. The van der Waals surface area contributed by atoms with E-state index in [1.54, 1.807) is 4.72 Å². The van der Waals surface area contributed by atoms with Gasteiger partial charge in [0, 0.05) is 5.56 Å². The molecule has 3 N–H and O–H groups in total. The van der Waals surface area contributed by atoms with Crippen LogP contribution in [0.2, 0.25) is 0 Å². The minimum Gasteiger partial charge on any atom is -0.506 e. The number of phenolic OH excluding ortho intramolecular Hbond substituents is 1. The molecular formula is C11H8F2N4O4S. The average Bonchev–Trinajstić information content (AvgIpc) is 2.94. The number of anilines is 1. The first-order valence-corrected chi connectivity index (χ1v) is 7.29. The molecular weight excluding hydrogens is 322 g/mol. The molecule has 3 rings (SSSR count). The Kier molecular flexibility index (Phi) is 3.02. The van der Waals surface area contributed by atoms with Gasteiger partial charge in [0.15, 0.2) is 5.82 Å². The summed E-state index contributed by atoms with van der Waals surface area (Å²) in [6.45, 7) is -0.690. The van der Waals surface area contributed by atoms with Gasteiger partial charge in [-0.1, -0.05) is 0 Å². The zero-order valence-corrected chi connectivity index (χ0v) is 11.5. The van der Waals surface area contributed by atoms with Crippen LogP contribution in [0.4, 0.5) is 14.5 Å². The third kappa shape index (κ3) is 2.06. The summed E-state index contributed by atoms with van der Waals surface area (Å²) in [7, 11) is -4.31. The lowest BCUT2D eigenvalue weighted by Crippen LogP contribution is -2.30. The first kappa shape index (κ1) is 14.3. The maximum Gasteiger partial charge on any atom is 0.326 e. The lowest BCUT2D eigenvalue weighted by atomic mass is 10.1. The number of aromatic amines is 1. The Labute approximate surface area is 122 Å². The summed E-state index contributed by atoms with van der Waals surface area (Å²) >= 11 is 0. The molecule has 0 aliphatic carbocycles. The number of phenols is 1. The van der Waals surface area contributed by atoms with Crippen LogP contribution in [0.5, 0.6) is 5.75 Å². The van der Waals surface area contributed by atoms with E-state index in [0.717, 1.165) is 18.3 Å². The van der Waals surface area contributed by atoms with Crippen LogP contribution in [0, 0.1) is 11.8 Å². The molecule has 1 aromatic heterocycles. The van der Waals surface area contributed by atoms with Gasteiger partial charge in [-0.3, -0.25) is 9.89 Å². The van der Waals surface area contributed by atoms with E-state index in [0.29, 0.717) is 4.31 Å². The van der Waals surface area contributed by atoms with Crippen molar-refractivity contribution in [3.05, 3.63) is 30.1 Å². The maximum absolute atomic E-state index is 14.6. The average molecular weight is 330 g/mol. The van der Waals surface area contributed by atoms with E-state index in [9.17, 15) is 27.1 Å². The number of nitrogens with one attached hydrogen (secondary N) is 2. The molecule has 2 heterocycles. The number of carbonyl (C=O) groups is 1. The van der Waals surface area contributed by atoms with E-state index < -0.39 is 45.9 Å². The highest BCUT2D eigenvalue weighted by Crippen LogP contribution is 2.38. The molecule has 116 valence electrons. The van der Waals surface area contributed by atoms with Crippen LogP contribution in [0.25, 0.3) is 11.1 Å². The van der Waals surface area contributed by atoms with Crippen molar-refractivity contribution in [1.82, 2.24) is 14.9 Å². The van der Waals surface area contributed by atoms with Crippen molar-refractivity contribution in [3.8, 4) is 16.9 Å². The number of benzene rings is 1. The van der Waals surface area contributed by atoms with Crippen LogP contribution in [0.15, 0.2) is 18.3 Å². The Morgan fingerprint density at radius 1 is 1.27 bits per heavy atom. The van der Waals surface area contributed by atoms with E-state index in [1.807, 2.05) is 5.10 Å². The van der Waals surface area contributed by atoms with Crippen LogP contribution in [-0.2, 0) is 15.0 Å². The highest BCUT2D eigenvalue weighted by atomic mass is 32.2. The van der Waals surface area contributed by atoms with Crippen molar-refractivity contribution in [2.45, 2.75) is 0 Å². The molecule has 0 bridgehead atoms. The number of H-pyrrole nitrogens is 1. The van der Waals surface area contributed by atoms with Gasteiger partial charge in [0.25, 0.3) is 5.91 Å². The van der Waals surface area contributed by atoms with E-state index in [1.165, 1.54) is 0 Å². The number of nitrogens with zero attached hydrogens (tertiary/aromatic N) is 2. The number of hydrogen-bond acceptors (Lipinski definition) is 5. The zero-order valence-electron chi connectivity index (χ0n) is 10.7. The topological polar surface area (TPSA) is 115 Å². The van der Waals surface area contributed by atoms with Gasteiger partial charge in [-0.15, -0.1) is 0 Å². The first-order chi connectivity index (χ1) is 10.3. The summed E-state index contributed by atoms with van der Waals surface area (Å²) in [6, 6.07) is 2.07. The summed E-state index contributed by atoms with van der Waals surface area (Å²) < 4.78 is 53.6. The zero-order chi connectivity index (χ0) is 16.1. The fourth-order valence-electron chi connectivity index (χ4n) is 2.10. The van der Waals surface area contributed by atoms with Crippen molar-refractivity contribution in [2.24, 2.45) is 0 Å². The van der Waals surface area contributed by atoms with Gasteiger partial charge in [0.05, 0.1) is 11.8 Å². The van der Waals surface area contributed by atoms with Crippen molar-refractivity contribution < 1.29 is 27.1 Å². The maximum atomic E-state index is 14.6. The molecule has 0 radical (unpaired) electrons. The Balaban J connectivity index is 2.21. The molecule has 0 atom stereocenters. The van der Waals surface area contributed by atoms with Crippen molar-refractivity contribution in [1.29, 1.82) is 0 Å².